The van der Waals surface area contributed by atoms with Crippen LogP contribution in [0.25, 0.3) is 11.3 Å². The Balaban J connectivity index is 1.85. The largest absolute Gasteiger partial charge is 0.476 e. The molecule has 2 aromatic rings. The number of benzene rings is 1. The molecule has 0 radical (unpaired) electrons. The Bertz CT molecular complexity index is 864. The molecule has 3 rings (SSSR count). The predicted molar refractivity (Wildman–Crippen MR) is 103 cm³/mol. The molecule has 1 unspecified atom stereocenters. The highest BCUT2D eigenvalue weighted by atomic mass is 16.6. The second kappa shape index (κ2) is 7.66. The van der Waals surface area contributed by atoms with E-state index in [1.165, 1.54) is 0 Å². The van der Waals surface area contributed by atoms with Crippen molar-refractivity contribution >= 4 is 12.1 Å². The van der Waals surface area contributed by atoms with Crippen LogP contribution in [0.3, 0.4) is 0 Å². The number of carboxylic acid groups (broad SMARTS) is 1. The lowest BCUT2D eigenvalue weighted by molar-refractivity contribution is 0.0190. The number of piperidine rings is 1. The quantitative estimate of drug-likeness (QED) is 0.837. The minimum absolute atomic E-state index is 0.103. The number of carboxylic acids is 1. The van der Waals surface area contributed by atoms with Gasteiger partial charge in [-0.25, -0.2) is 14.6 Å². The van der Waals surface area contributed by atoms with Crippen molar-refractivity contribution in [3.63, 3.8) is 0 Å². The Morgan fingerprint density at radius 1 is 1.25 bits per heavy atom. The van der Waals surface area contributed by atoms with Gasteiger partial charge < -0.3 is 19.2 Å². The Morgan fingerprint density at radius 2 is 1.93 bits per heavy atom. The minimum Gasteiger partial charge on any atom is -0.476 e. The summed E-state index contributed by atoms with van der Waals surface area (Å²) in [6.07, 6.45) is 1.17. The summed E-state index contributed by atoms with van der Waals surface area (Å²) in [6, 6.07) is 7.43. The molecular weight excluding hydrogens is 360 g/mol. The van der Waals surface area contributed by atoms with Crippen LogP contribution in [-0.4, -0.2) is 45.7 Å². The number of likely N-dealkylation sites (tertiary alicyclic amines) is 1. The maximum atomic E-state index is 12.4. The third-order valence-electron chi connectivity index (χ3n) is 4.58. The molecule has 1 atom stereocenters. The van der Waals surface area contributed by atoms with Crippen molar-refractivity contribution in [1.29, 1.82) is 0 Å². The fourth-order valence-corrected chi connectivity index (χ4v) is 3.23. The summed E-state index contributed by atoms with van der Waals surface area (Å²) >= 11 is 0. The standard InChI is InChI=1S/C21H26N2O5/c1-13-7-9-14(10-8-13)17-16(19(24)25)22-18(27-17)15-6-5-11-23(12-15)20(26)28-21(2,3)4/h7-10,15H,5-6,11-12H2,1-4H3,(H,24,25). The molecule has 1 aromatic heterocycles. The van der Waals surface area contributed by atoms with Crippen LogP contribution < -0.4 is 0 Å². The first-order chi connectivity index (χ1) is 13.1. The van der Waals surface area contributed by atoms with E-state index in [9.17, 15) is 14.7 Å². The number of rotatable bonds is 3. The number of oxazole rings is 1. The zero-order valence-electron chi connectivity index (χ0n) is 16.7. The molecule has 1 N–H and O–H groups in total. The minimum atomic E-state index is -1.13. The summed E-state index contributed by atoms with van der Waals surface area (Å²) < 4.78 is 11.4. The van der Waals surface area contributed by atoms with E-state index in [4.69, 9.17) is 9.15 Å². The fourth-order valence-electron chi connectivity index (χ4n) is 3.23. The zero-order chi connectivity index (χ0) is 20.5. The van der Waals surface area contributed by atoms with Crippen LogP contribution in [0.5, 0.6) is 0 Å². The normalized spacial score (nSPS) is 17.4. The number of hydrogen-bond donors (Lipinski definition) is 1. The van der Waals surface area contributed by atoms with Crippen LogP contribution >= 0.6 is 0 Å². The number of aromatic nitrogens is 1. The first-order valence-electron chi connectivity index (χ1n) is 9.43. The van der Waals surface area contributed by atoms with Gasteiger partial charge >= 0.3 is 12.1 Å². The van der Waals surface area contributed by atoms with Crippen molar-refractivity contribution in [2.75, 3.05) is 13.1 Å². The molecular formula is C21H26N2O5. The lowest BCUT2D eigenvalue weighted by atomic mass is 9.98. The summed E-state index contributed by atoms with van der Waals surface area (Å²) in [5, 5.41) is 9.55. The molecule has 1 aromatic carbocycles. The summed E-state index contributed by atoms with van der Waals surface area (Å²) in [4.78, 5) is 30.0. The molecule has 150 valence electrons. The smallest absolute Gasteiger partial charge is 0.410 e. The van der Waals surface area contributed by atoms with Gasteiger partial charge in [0.15, 0.2) is 11.5 Å². The summed E-state index contributed by atoms with van der Waals surface area (Å²) in [7, 11) is 0. The van der Waals surface area contributed by atoms with Crippen molar-refractivity contribution in [3.05, 3.63) is 41.4 Å². The van der Waals surface area contributed by atoms with Gasteiger partial charge in [0.25, 0.3) is 0 Å². The van der Waals surface area contributed by atoms with Crippen molar-refractivity contribution in [2.45, 2.75) is 52.1 Å². The second-order valence-electron chi connectivity index (χ2n) is 8.17. The van der Waals surface area contributed by atoms with Crippen molar-refractivity contribution in [1.82, 2.24) is 9.88 Å². The molecule has 1 saturated heterocycles. The maximum Gasteiger partial charge on any atom is 0.410 e. The third-order valence-corrected chi connectivity index (χ3v) is 4.58. The Morgan fingerprint density at radius 3 is 2.54 bits per heavy atom. The van der Waals surface area contributed by atoms with E-state index in [-0.39, 0.29) is 23.5 Å². The summed E-state index contributed by atoms with van der Waals surface area (Å²) in [5.74, 6) is -0.706. The van der Waals surface area contributed by atoms with E-state index in [0.717, 1.165) is 18.4 Å². The molecule has 0 bridgehead atoms. The van der Waals surface area contributed by atoms with E-state index < -0.39 is 11.6 Å². The molecule has 1 aliphatic rings. The monoisotopic (exact) mass is 386 g/mol. The number of aromatic carboxylic acids is 1. The Hall–Kier alpha value is -2.83. The number of carbonyl (C=O) groups excluding carboxylic acids is 1. The summed E-state index contributed by atoms with van der Waals surface area (Å²) in [5.41, 5.74) is 1.07. The van der Waals surface area contributed by atoms with Crippen LogP contribution in [0.15, 0.2) is 28.7 Å². The van der Waals surface area contributed by atoms with Gasteiger partial charge in [0.05, 0.1) is 5.92 Å². The number of aryl methyl sites for hydroxylation is 1. The van der Waals surface area contributed by atoms with Gasteiger partial charge in [-0.3, -0.25) is 0 Å². The third kappa shape index (κ3) is 4.52. The Kier molecular flexibility index (Phi) is 5.45. The molecule has 0 spiro atoms. The highest BCUT2D eigenvalue weighted by Gasteiger charge is 2.32. The highest BCUT2D eigenvalue weighted by molar-refractivity contribution is 5.92. The number of carbonyl (C=O) groups is 2. The van der Waals surface area contributed by atoms with E-state index in [1.54, 1.807) is 4.90 Å². The van der Waals surface area contributed by atoms with E-state index in [0.29, 0.717) is 24.5 Å². The number of amides is 1. The van der Waals surface area contributed by atoms with Crippen molar-refractivity contribution < 1.29 is 23.8 Å². The molecule has 1 aliphatic heterocycles. The predicted octanol–water partition coefficient (Wildman–Crippen LogP) is 4.46. The highest BCUT2D eigenvalue weighted by Crippen LogP contribution is 2.33. The van der Waals surface area contributed by atoms with E-state index >= 15 is 0 Å². The number of ether oxygens (including phenoxy) is 1. The fraction of sp³-hybridized carbons (Fsp3) is 0.476. The maximum absolute atomic E-state index is 12.4. The lowest BCUT2D eigenvalue weighted by Gasteiger charge is -2.32. The van der Waals surface area contributed by atoms with Gasteiger partial charge in [0.2, 0.25) is 5.89 Å². The van der Waals surface area contributed by atoms with Crippen molar-refractivity contribution in [3.8, 4) is 11.3 Å². The van der Waals surface area contributed by atoms with E-state index in [1.807, 2.05) is 52.0 Å². The van der Waals surface area contributed by atoms with Crippen molar-refractivity contribution in [2.24, 2.45) is 0 Å². The van der Waals surface area contributed by atoms with Gasteiger partial charge in [-0.15, -0.1) is 0 Å². The number of hydrogen-bond acceptors (Lipinski definition) is 5. The topological polar surface area (TPSA) is 92.9 Å². The molecule has 0 aliphatic carbocycles. The molecule has 2 heterocycles. The number of nitrogens with zero attached hydrogens (tertiary/aromatic N) is 2. The van der Waals surface area contributed by atoms with Crippen LogP contribution in [0.2, 0.25) is 0 Å². The van der Waals surface area contributed by atoms with Gasteiger partial charge in [0, 0.05) is 18.7 Å². The van der Waals surface area contributed by atoms with E-state index in [2.05, 4.69) is 4.98 Å². The Labute approximate surface area is 164 Å². The lowest BCUT2D eigenvalue weighted by Crippen LogP contribution is -2.42. The SMILES string of the molecule is Cc1ccc(-c2oc(C3CCCN(C(=O)OC(C)(C)C)C3)nc2C(=O)O)cc1. The second-order valence-corrected chi connectivity index (χ2v) is 8.17. The zero-order valence-corrected chi connectivity index (χ0v) is 16.7. The van der Waals surface area contributed by atoms with Gasteiger partial charge in [-0.2, -0.15) is 0 Å². The van der Waals surface area contributed by atoms with Crippen LogP contribution in [-0.2, 0) is 4.74 Å². The van der Waals surface area contributed by atoms with Gasteiger partial charge in [0.1, 0.15) is 5.60 Å². The molecule has 1 amide bonds. The molecule has 28 heavy (non-hydrogen) atoms. The first kappa shape index (κ1) is 19.9. The van der Waals surface area contributed by atoms with Crippen LogP contribution in [0.4, 0.5) is 4.79 Å². The molecule has 1 fully saturated rings. The van der Waals surface area contributed by atoms with Crippen LogP contribution in [0, 0.1) is 6.92 Å². The van der Waals surface area contributed by atoms with Gasteiger partial charge in [-0.05, 0) is 40.5 Å². The molecule has 7 nitrogen and oxygen atoms in total. The molecule has 0 saturated carbocycles. The average molecular weight is 386 g/mol. The van der Waals surface area contributed by atoms with Crippen LogP contribution in [0.1, 0.15) is 61.5 Å². The summed E-state index contributed by atoms with van der Waals surface area (Å²) in [6.45, 7) is 8.43. The van der Waals surface area contributed by atoms with Gasteiger partial charge in [-0.1, -0.05) is 29.8 Å². The average Bonchev–Trinajstić information content (AvgIpc) is 3.07. The first-order valence-corrected chi connectivity index (χ1v) is 9.43. The molecule has 7 heteroatoms.